The van der Waals surface area contributed by atoms with Crippen LogP contribution in [0.1, 0.15) is 36.4 Å². The van der Waals surface area contributed by atoms with Gasteiger partial charge in [0.2, 0.25) is 10.1 Å². The number of hydrogen-bond acceptors (Lipinski definition) is 5. The SMILES string of the molecule is CCCc1sc2c(c1Sc1c(CCC)sc3c1O3)O2. The summed E-state index contributed by atoms with van der Waals surface area (Å²) in [5.41, 5.74) is 0. The fraction of sp³-hybridized carbons (Fsp3) is 0.429. The molecule has 2 aliphatic heterocycles. The van der Waals surface area contributed by atoms with Crippen molar-refractivity contribution in [3.63, 3.8) is 0 Å². The van der Waals surface area contributed by atoms with Crippen LogP contribution in [-0.2, 0) is 12.8 Å². The Morgan fingerprint density at radius 1 is 0.842 bits per heavy atom. The van der Waals surface area contributed by atoms with Crippen LogP contribution in [0.2, 0.25) is 0 Å². The first-order valence-electron chi connectivity index (χ1n) is 6.66. The Hall–Kier alpha value is -0.650. The summed E-state index contributed by atoms with van der Waals surface area (Å²) < 4.78 is 11.1. The third-order valence-electron chi connectivity index (χ3n) is 3.19. The minimum Gasteiger partial charge on any atom is -0.437 e. The second-order valence-corrected chi connectivity index (χ2v) is 7.90. The van der Waals surface area contributed by atoms with Gasteiger partial charge in [0, 0.05) is 9.75 Å². The van der Waals surface area contributed by atoms with E-state index in [0.717, 1.165) is 34.5 Å². The molecule has 0 aromatic carbocycles. The molecule has 0 atom stereocenters. The van der Waals surface area contributed by atoms with Crippen LogP contribution in [0.5, 0.6) is 21.6 Å². The Bertz CT molecular complexity index is 598. The van der Waals surface area contributed by atoms with E-state index in [0.29, 0.717) is 0 Å². The normalized spacial score (nSPS) is 13.6. The first kappa shape index (κ1) is 12.1. The Balaban J connectivity index is 1.66. The van der Waals surface area contributed by atoms with Crippen molar-refractivity contribution >= 4 is 34.4 Å². The first-order chi connectivity index (χ1) is 9.31. The van der Waals surface area contributed by atoms with Crippen molar-refractivity contribution in [3.8, 4) is 21.6 Å². The van der Waals surface area contributed by atoms with Crippen LogP contribution < -0.4 is 9.47 Å². The molecule has 4 heterocycles. The minimum absolute atomic E-state index is 1.13. The number of rotatable bonds is 6. The van der Waals surface area contributed by atoms with E-state index in [1.54, 1.807) is 0 Å². The van der Waals surface area contributed by atoms with Gasteiger partial charge < -0.3 is 9.47 Å². The van der Waals surface area contributed by atoms with E-state index >= 15 is 0 Å². The second-order valence-electron chi connectivity index (χ2n) is 4.75. The van der Waals surface area contributed by atoms with Crippen LogP contribution in [0.15, 0.2) is 9.79 Å². The molecule has 0 unspecified atom stereocenters. The molecule has 0 bridgehead atoms. The Kier molecular flexibility index (Phi) is 2.83. The van der Waals surface area contributed by atoms with Crippen molar-refractivity contribution < 1.29 is 9.47 Å². The van der Waals surface area contributed by atoms with Crippen LogP contribution >= 0.6 is 34.4 Å². The van der Waals surface area contributed by atoms with Crippen molar-refractivity contribution in [2.75, 3.05) is 0 Å². The van der Waals surface area contributed by atoms with Gasteiger partial charge in [-0.15, -0.1) is 0 Å². The molecule has 0 fully saturated rings. The van der Waals surface area contributed by atoms with Crippen LogP contribution in [0.4, 0.5) is 0 Å². The highest BCUT2D eigenvalue weighted by Gasteiger charge is 2.37. The van der Waals surface area contributed by atoms with E-state index < -0.39 is 0 Å². The molecule has 2 aromatic rings. The zero-order valence-electron chi connectivity index (χ0n) is 10.9. The number of hydrogen-bond donors (Lipinski definition) is 0. The lowest BCUT2D eigenvalue weighted by atomic mass is 10.3. The van der Waals surface area contributed by atoms with Crippen LogP contribution in [-0.4, -0.2) is 0 Å². The summed E-state index contributed by atoms with van der Waals surface area (Å²) >= 11 is 5.49. The van der Waals surface area contributed by atoms with E-state index in [-0.39, 0.29) is 0 Å². The Morgan fingerprint density at radius 2 is 1.32 bits per heavy atom. The molecule has 2 nitrogen and oxygen atoms in total. The summed E-state index contributed by atoms with van der Waals surface area (Å²) in [7, 11) is 0. The van der Waals surface area contributed by atoms with E-state index in [1.807, 2.05) is 34.4 Å². The van der Waals surface area contributed by atoms with Gasteiger partial charge in [-0.05, 0) is 12.8 Å². The standard InChI is InChI=1S/C14H14O2S3/c1-3-5-7-11(9-13(15-9)17-7)19-12-8(6-4-2)18-14-10(12)16-14/h3-6H2,1-2H3. The van der Waals surface area contributed by atoms with Gasteiger partial charge in [0.1, 0.15) is 0 Å². The largest absolute Gasteiger partial charge is 0.437 e. The summed E-state index contributed by atoms with van der Waals surface area (Å²) in [4.78, 5) is 5.64. The third-order valence-corrected chi connectivity index (χ3v) is 6.93. The molecular formula is C14H14O2S3. The summed E-state index contributed by atoms with van der Waals surface area (Å²) in [5, 5.41) is 2.25. The lowest BCUT2D eigenvalue weighted by molar-refractivity contribution is 0.640. The molecule has 2 aliphatic rings. The lowest BCUT2D eigenvalue weighted by Crippen LogP contribution is -1.85. The highest BCUT2D eigenvalue weighted by atomic mass is 32.2. The van der Waals surface area contributed by atoms with E-state index in [2.05, 4.69) is 13.8 Å². The van der Waals surface area contributed by atoms with E-state index in [1.165, 1.54) is 32.4 Å². The maximum Gasteiger partial charge on any atom is 0.225 e. The maximum absolute atomic E-state index is 5.53. The minimum atomic E-state index is 1.13. The van der Waals surface area contributed by atoms with Gasteiger partial charge in [-0.25, -0.2) is 0 Å². The van der Waals surface area contributed by atoms with Gasteiger partial charge >= 0.3 is 0 Å². The zero-order chi connectivity index (χ0) is 13.0. The van der Waals surface area contributed by atoms with Gasteiger partial charge in [0.05, 0.1) is 9.79 Å². The average molecular weight is 310 g/mol. The molecule has 0 saturated heterocycles. The molecule has 19 heavy (non-hydrogen) atoms. The molecule has 4 rings (SSSR count). The molecule has 0 spiro atoms. The van der Waals surface area contributed by atoms with Crippen molar-refractivity contribution in [3.05, 3.63) is 9.75 Å². The molecule has 100 valence electrons. The maximum atomic E-state index is 5.53. The molecule has 0 N–H and O–H groups in total. The number of aryl methyl sites for hydroxylation is 2. The van der Waals surface area contributed by atoms with Gasteiger partial charge in [-0.3, -0.25) is 0 Å². The summed E-state index contributed by atoms with van der Waals surface area (Å²) in [6, 6.07) is 0. The summed E-state index contributed by atoms with van der Waals surface area (Å²) in [6.07, 6.45) is 4.68. The second kappa shape index (κ2) is 4.43. The third kappa shape index (κ3) is 1.99. The Morgan fingerprint density at radius 3 is 1.74 bits per heavy atom. The predicted molar refractivity (Wildman–Crippen MR) is 80.9 cm³/mol. The zero-order valence-corrected chi connectivity index (χ0v) is 13.3. The highest BCUT2D eigenvalue weighted by Crippen LogP contribution is 2.66. The molecule has 0 saturated carbocycles. The fourth-order valence-electron chi connectivity index (χ4n) is 2.21. The molecule has 0 amide bonds. The smallest absolute Gasteiger partial charge is 0.225 e. The summed E-state index contributed by atoms with van der Waals surface area (Å²) in [5.74, 6) is 2.25. The monoisotopic (exact) mass is 310 g/mol. The molecule has 2 aromatic heterocycles. The van der Waals surface area contributed by atoms with Crippen molar-refractivity contribution in [1.29, 1.82) is 0 Å². The van der Waals surface area contributed by atoms with Crippen LogP contribution in [0.3, 0.4) is 0 Å². The van der Waals surface area contributed by atoms with Crippen molar-refractivity contribution in [2.24, 2.45) is 0 Å². The van der Waals surface area contributed by atoms with E-state index in [4.69, 9.17) is 9.47 Å². The quantitative estimate of drug-likeness (QED) is 0.404. The first-order valence-corrected chi connectivity index (χ1v) is 9.11. The number of fused-ring (bicyclic) bond motifs is 2. The highest BCUT2D eigenvalue weighted by molar-refractivity contribution is 8.00. The fourth-order valence-corrected chi connectivity index (χ4v) is 6.00. The van der Waals surface area contributed by atoms with E-state index in [9.17, 15) is 0 Å². The van der Waals surface area contributed by atoms with Gasteiger partial charge in [-0.2, -0.15) is 0 Å². The van der Waals surface area contributed by atoms with Crippen molar-refractivity contribution in [2.45, 2.75) is 49.3 Å². The number of thiophene rings is 2. The molecule has 5 heteroatoms. The molecule has 0 radical (unpaired) electrons. The van der Waals surface area contributed by atoms with Gasteiger partial charge in [0.15, 0.2) is 11.5 Å². The lowest BCUT2D eigenvalue weighted by Gasteiger charge is -2.05. The van der Waals surface area contributed by atoms with Gasteiger partial charge in [-0.1, -0.05) is 61.1 Å². The summed E-state index contributed by atoms with van der Waals surface area (Å²) in [6.45, 7) is 4.46. The Labute approximate surface area is 124 Å². The predicted octanol–water partition coefficient (Wildman–Crippen LogP) is 6.08. The average Bonchev–Trinajstić information content (AvgIpc) is 3.27. The number of ether oxygens (including phenoxy) is 2. The topological polar surface area (TPSA) is 25.1 Å². The molecule has 0 aliphatic carbocycles. The van der Waals surface area contributed by atoms with Crippen LogP contribution in [0.25, 0.3) is 0 Å². The van der Waals surface area contributed by atoms with Crippen LogP contribution in [0, 0.1) is 0 Å². The molecular weight excluding hydrogens is 296 g/mol. The van der Waals surface area contributed by atoms with Crippen molar-refractivity contribution in [1.82, 2.24) is 0 Å². The van der Waals surface area contributed by atoms with Gasteiger partial charge in [0.25, 0.3) is 0 Å².